The molecule has 2 aromatic rings. The molecule has 0 aliphatic carbocycles. The van der Waals surface area contributed by atoms with E-state index in [9.17, 15) is 18.6 Å². The molecule has 0 fully saturated rings. The van der Waals surface area contributed by atoms with Crippen molar-refractivity contribution in [3.63, 3.8) is 0 Å². The van der Waals surface area contributed by atoms with Gasteiger partial charge in [0.1, 0.15) is 12.2 Å². The van der Waals surface area contributed by atoms with Gasteiger partial charge in [0.05, 0.1) is 44.8 Å². The van der Waals surface area contributed by atoms with E-state index in [1.165, 1.54) is 0 Å². The van der Waals surface area contributed by atoms with Crippen LogP contribution in [0.2, 0.25) is 0 Å². The fourth-order valence-electron chi connectivity index (χ4n) is 2.96. The zero-order valence-electron chi connectivity index (χ0n) is 17.6. The van der Waals surface area contributed by atoms with Crippen LogP contribution < -0.4 is 0 Å². The number of aliphatic hydroxyl groups is 2. The van der Waals surface area contributed by atoms with Crippen LogP contribution in [-0.2, 0) is 37.0 Å². The second kappa shape index (κ2) is 13.1. The third-order valence-corrected chi connectivity index (χ3v) is 5.06. The van der Waals surface area contributed by atoms with Crippen LogP contribution in [0.1, 0.15) is 11.1 Å². The van der Waals surface area contributed by atoms with Gasteiger partial charge in [0.2, 0.25) is 0 Å². The van der Waals surface area contributed by atoms with Crippen LogP contribution in [0, 0.1) is 0 Å². The second-order valence-corrected chi connectivity index (χ2v) is 8.65. The van der Waals surface area contributed by atoms with E-state index in [-0.39, 0.29) is 19.8 Å². The molecule has 0 aliphatic heterocycles. The molecular weight excluding hydrogens is 438 g/mol. The highest BCUT2D eigenvalue weighted by Crippen LogP contribution is 2.19. The van der Waals surface area contributed by atoms with Gasteiger partial charge in [0.25, 0.3) is 10.1 Å². The average Bonchev–Trinajstić information content (AvgIpc) is 2.78. The Hall–Kier alpha value is -2.50. The molecule has 11 heteroatoms. The average molecular weight is 466 g/mol. The molecule has 0 saturated carbocycles. The van der Waals surface area contributed by atoms with Gasteiger partial charge in [-0.15, -0.1) is 0 Å². The summed E-state index contributed by atoms with van der Waals surface area (Å²) in [7, 11) is -3.97. The maximum Gasteiger partial charge on any atom is 0.264 e. The Morgan fingerprint density at radius 2 is 1.59 bits per heavy atom. The molecule has 10 nitrogen and oxygen atoms in total. The lowest BCUT2D eigenvalue weighted by Crippen LogP contribution is -2.49. The fraction of sp³-hybridized carbons (Fsp3) is 0.429. The minimum absolute atomic E-state index is 0.0000485. The lowest BCUT2D eigenvalue weighted by Gasteiger charge is -2.32. The SMILES string of the molecule is CS(=O)(=O)O[C@@H](CO)[C@@H](OCc1ccccc1)[C@@H](O)[C@@H](COCc1ccccc1)N=[N+]=[N-]. The molecule has 4 atom stereocenters. The van der Waals surface area contributed by atoms with Crippen LogP contribution in [0.25, 0.3) is 10.4 Å². The van der Waals surface area contributed by atoms with E-state index < -0.39 is 41.1 Å². The van der Waals surface area contributed by atoms with Crippen molar-refractivity contribution in [2.24, 2.45) is 5.11 Å². The third kappa shape index (κ3) is 8.93. The first-order valence-electron chi connectivity index (χ1n) is 9.82. The van der Waals surface area contributed by atoms with Crippen molar-refractivity contribution in [3.05, 3.63) is 82.2 Å². The van der Waals surface area contributed by atoms with Gasteiger partial charge in [0, 0.05) is 4.91 Å². The molecule has 0 radical (unpaired) electrons. The van der Waals surface area contributed by atoms with E-state index in [0.29, 0.717) is 0 Å². The zero-order valence-corrected chi connectivity index (χ0v) is 18.4. The molecule has 0 aliphatic rings. The van der Waals surface area contributed by atoms with Crippen LogP contribution in [-0.4, -0.2) is 62.5 Å². The quantitative estimate of drug-likeness (QED) is 0.188. The molecule has 32 heavy (non-hydrogen) atoms. The van der Waals surface area contributed by atoms with Gasteiger partial charge >= 0.3 is 0 Å². The number of azide groups is 1. The van der Waals surface area contributed by atoms with Gasteiger partial charge in [-0.2, -0.15) is 8.42 Å². The van der Waals surface area contributed by atoms with Crippen molar-refractivity contribution >= 4 is 10.1 Å². The van der Waals surface area contributed by atoms with Crippen LogP contribution in [0.3, 0.4) is 0 Å². The topological polar surface area (TPSA) is 151 Å². The van der Waals surface area contributed by atoms with Gasteiger partial charge in [-0.3, -0.25) is 4.18 Å². The molecule has 2 aromatic carbocycles. The summed E-state index contributed by atoms with van der Waals surface area (Å²) in [6, 6.07) is 17.1. The number of rotatable bonds is 14. The predicted molar refractivity (Wildman–Crippen MR) is 117 cm³/mol. The minimum atomic E-state index is -3.97. The molecule has 0 unspecified atom stereocenters. The second-order valence-electron chi connectivity index (χ2n) is 7.05. The Morgan fingerprint density at radius 1 is 1.03 bits per heavy atom. The van der Waals surface area contributed by atoms with E-state index >= 15 is 0 Å². The van der Waals surface area contributed by atoms with E-state index in [1.54, 1.807) is 24.3 Å². The van der Waals surface area contributed by atoms with Crippen LogP contribution in [0.4, 0.5) is 0 Å². The van der Waals surface area contributed by atoms with Crippen molar-refractivity contribution in [3.8, 4) is 0 Å². The molecule has 0 aromatic heterocycles. The van der Waals surface area contributed by atoms with Crippen LogP contribution in [0.5, 0.6) is 0 Å². The highest BCUT2D eigenvalue weighted by Gasteiger charge is 2.37. The minimum Gasteiger partial charge on any atom is -0.394 e. The predicted octanol–water partition coefficient (Wildman–Crippen LogP) is 2.17. The highest BCUT2D eigenvalue weighted by atomic mass is 32.2. The summed E-state index contributed by atoms with van der Waals surface area (Å²) in [6.45, 7) is -0.705. The molecule has 0 heterocycles. The van der Waals surface area contributed by atoms with Gasteiger partial charge < -0.3 is 19.7 Å². The molecule has 2 rings (SSSR count). The van der Waals surface area contributed by atoms with E-state index in [0.717, 1.165) is 17.4 Å². The van der Waals surface area contributed by atoms with E-state index in [4.69, 9.17) is 19.2 Å². The Kier molecular flexibility index (Phi) is 10.6. The number of ether oxygens (including phenoxy) is 2. The van der Waals surface area contributed by atoms with E-state index in [1.807, 2.05) is 36.4 Å². The zero-order chi connectivity index (χ0) is 23.4. The van der Waals surface area contributed by atoms with Gasteiger partial charge in [-0.25, -0.2) is 0 Å². The van der Waals surface area contributed by atoms with E-state index in [2.05, 4.69) is 10.0 Å². The number of hydrogen-bond acceptors (Lipinski definition) is 8. The lowest BCUT2D eigenvalue weighted by atomic mass is 10.0. The van der Waals surface area contributed by atoms with Gasteiger partial charge in [0.15, 0.2) is 0 Å². The molecule has 174 valence electrons. The van der Waals surface area contributed by atoms with Crippen LogP contribution >= 0.6 is 0 Å². The summed E-state index contributed by atoms with van der Waals surface area (Å²) in [5.74, 6) is 0. The Labute approximate surface area is 187 Å². The molecule has 0 spiro atoms. The standard InChI is InChI=1S/C21H27N3O7S/c1-32(27,28)31-19(12-25)21(30-14-17-10-6-3-7-11-17)20(26)18(23-24-22)15-29-13-16-8-4-2-5-9-16/h2-11,18-21,25-26H,12-15H2,1H3/t18-,19+,20+,21-/m1/s1. The first kappa shape index (κ1) is 25.8. The Morgan fingerprint density at radius 3 is 2.09 bits per heavy atom. The third-order valence-electron chi connectivity index (χ3n) is 4.46. The number of aliphatic hydroxyl groups excluding tert-OH is 2. The first-order chi connectivity index (χ1) is 15.3. The number of nitrogens with zero attached hydrogens (tertiary/aromatic N) is 3. The van der Waals surface area contributed by atoms with Crippen molar-refractivity contribution in [2.45, 2.75) is 37.6 Å². The molecule has 0 amide bonds. The van der Waals surface area contributed by atoms with Crippen molar-refractivity contribution in [2.75, 3.05) is 19.5 Å². The fourth-order valence-corrected chi connectivity index (χ4v) is 3.58. The summed E-state index contributed by atoms with van der Waals surface area (Å²) < 4.78 is 39.5. The highest BCUT2D eigenvalue weighted by molar-refractivity contribution is 7.86. The van der Waals surface area contributed by atoms with Crippen molar-refractivity contribution < 1.29 is 32.3 Å². The van der Waals surface area contributed by atoms with Gasteiger partial charge in [-0.1, -0.05) is 65.8 Å². The Bertz CT molecular complexity index is 954. The maximum absolute atomic E-state index is 11.6. The monoisotopic (exact) mass is 465 g/mol. The first-order valence-corrected chi connectivity index (χ1v) is 11.6. The van der Waals surface area contributed by atoms with Crippen LogP contribution in [0.15, 0.2) is 65.8 Å². The number of hydrogen-bond donors (Lipinski definition) is 2. The Balaban J connectivity index is 2.16. The summed E-state index contributed by atoms with van der Waals surface area (Å²) in [6.07, 6.45) is -3.45. The molecule has 0 bridgehead atoms. The number of benzene rings is 2. The maximum atomic E-state index is 11.6. The summed E-state index contributed by atoms with van der Waals surface area (Å²) in [4.78, 5) is 2.75. The molecule has 0 saturated heterocycles. The molecular formula is C21H27N3O7S. The smallest absolute Gasteiger partial charge is 0.264 e. The summed E-state index contributed by atoms with van der Waals surface area (Å²) >= 11 is 0. The largest absolute Gasteiger partial charge is 0.394 e. The molecule has 2 N–H and O–H groups in total. The summed E-state index contributed by atoms with van der Waals surface area (Å²) in [5.41, 5.74) is 10.6. The van der Waals surface area contributed by atoms with Crippen molar-refractivity contribution in [1.29, 1.82) is 0 Å². The lowest BCUT2D eigenvalue weighted by molar-refractivity contribution is -0.120. The van der Waals surface area contributed by atoms with Crippen molar-refractivity contribution in [1.82, 2.24) is 0 Å². The normalized spacial score (nSPS) is 15.3. The summed E-state index contributed by atoms with van der Waals surface area (Å²) in [5, 5.41) is 24.2. The van der Waals surface area contributed by atoms with Gasteiger partial charge in [-0.05, 0) is 16.7 Å².